The van der Waals surface area contributed by atoms with Crippen LogP contribution in [0.5, 0.6) is 0 Å². The summed E-state index contributed by atoms with van der Waals surface area (Å²) in [6.45, 7) is 7.94. The first kappa shape index (κ1) is 35.3. The molecule has 5 aromatic rings. The summed E-state index contributed by atoms with van der Waals surface area (Å²) in [6.07, 6.45) is 6.25. The minimum Gasteiger partial charge on any atom is -0.466 e. The lowest BCUT2D eigenvalue weighted by Gasteiger charge is -2.26. The highest BCUT2D eigenvalue weighted by molar-refractivity contribution is 7.91. The van der Waals surface area contributed by atoms with E-state index in [9.17, 15) is 18.0 Å². The summed E-state index contributed by atoms with van der Waals surface area (Å²) in [7, 11) is -3.58. The zero-order valence-corrected chi connectivity index (χ0v) is 29.9. The zero-order valence-electron chi connectivity index (χ0n) is 29.0. The Morgan fingerprint density at radius 3 is 2.68 bits per heavy atom. The Morgan fingerprint density at radius 1 is 1.10 bits per heavy atom. The number of benzene rings is 3. The number of aryl methyl sites for hydroxylation is 1. The van der Waals surface area contributed by atoms with Gasteiger partial charge in [0, 0.05) is 34.4 Å². The van der Waals surface area contributed by atoms with Crippen LogP contribution in [0.2, 0.25) is 0 Å². The van der Waals surface area contributed by atoms with Crippen LogP contribution >= 0.6 is 0 Å². The van der Waals surface area contributed by atoms with E-state index in [0.717, 1.165) is 17.5 Å². The van der Waals surface area contributed by atoms with Crippen molar-refractivity contribution in [3.8, 4) is 11.3 Å². The van der Waals surface area contributed by atoms with Crippen molar-refractivity contribution >= 4 is 32.5 Å². The summed E-state index contributed by atoms with van der Waals surface area (Å²) in [6, 6.07) is 20.0. The first-order chi connectivity index (χ1) is 23.8. The number of esters is 1. The van der Waals surface area contributed by atoms with E-state index in [1.54, 1.807) is 37.4 Å². The molecular formula is C40H44FN3O5S. The summed E-state index contributed by atoms with van der Waals surface area (Å²) in [4.78, 5) is 29.4. The van der Waals surface area contributed by atoms with E-state index >= 15 is 4.39 Å². The molecule has 1 N–H and O–H groups in total. The number of halogens is 1. The van der Waals surface area contributed by atoms with Gasteiger partial charge in [0.05, 0.1) is 41.3 Å². The molecule has 0 fully saturated rings. The molecule has 1 aliphatic rings. The Bertz CT molecular complexity index is 2150. The second-order valence-corrected chi connectivity index (χ2v) is 16.4. The predicted octanol–water partition coefficient (Wildman–Crippen LogP) is 7.90. The maximum absolute atomic E-state index is 15.8. The lowest BCUT2D eigenvalue weighted by molar-refractivity contribution is -0.147. The zero-order chi connectivity index (χ0) is 35.6. The van der Waals surface area contributed by atoms with Gasteiger partial charge in [0.25, 0.3) is 0 Å². The van der Waals surface area contributed by atoms with E-state index in [1.165, 1.54) is 6.07 Å². The van der Waals surface area contributed by atoms with Crippen LogP contribution in [0.3, 0.4) is 0 Å². The van der Waals surface area contributed by atoms with Crippen LogP contribution < -0.4 is 0 Å². The van der Waals surface area contributed by atoms with Crippen molar-refractivity contribution < 1.29 is 27.1 Å². The van der Waals surface area contributed by atoms with Crippen LogP contribution in [-0.4, -0.2) is 53.0 Å². The van der Waals surface area contributed by atoms with E-state index in [4.69, 9.17) is 9.84 Å². The minimum atomic E-state index is -3.58. The van der Waals surface area contributed by atoms with Gasteiger partial charge in [-0.05, 0) is 79.0 Å². The van der Waals surface area contributed by atoms with Crippen LogP contribution in [0.4, 0.5) is 4.39 Å². The van der Waals surface area contributed by atoms with E-state index in [-0.39, 0.29) is 47.0 Å². The molecule has 8 nitrogen and oxygen atoms in total. The molecule has 50 heavy (non-hydrogen) atoms. The molecule has 0 amide bonds. The molecule has 3 aromatic carbocycles. The highest BCUT2D eigenvalue weighted by atomic mass is 32.2. The number of fused-ring (bicyclic) bond motifs is 8. The number of rotatable bonds is 5. The van der Waals surface area contributed by atoms with Crippen molar-refractivity contribution in [1.82, 2.24) is 14.8 Å². The fourth-order valence-corrected chi connectivity index (χ4v) is 9.24. The summed E-state index contributed by atoms with van der Waals surface area (Å²) >= 11 is 0. The third-order valence-electron chi connectivity index (χ3n) is 9.66. The van der Waals surface area contributed by atoms with Crippen molar-refractivity contribution in [1.29, 1.82) is 0 Å². The highest BCUT2D eigenvalue weighted by Crippen LogP contribution is 2.34. The van der Waals surface area contributed by atoms with Gasteiger partial charge < -0.3 is 9.72 Å². The largest absolute Gasteiger partial charge is 0.466 e. The van der Waals surface area contributed by atoms with Gasteiger partial charge in [-0.3, -0.25) is 14.3 Å². The monoisotopic (exact) mass is 697 g/mol. The van der Waals surface area contributed by atoms with E-state index < -0.39 is 26.9 Å². The molecule has 1 aliphatic heterocycles. The molecule has 0 radical (unpaired) electrons. The lowest BCUT2D eigenvalue weighted by atomic mass is 9.87. The molecule has 0 spiro atoms. The Balaban J connectivity index is 1.42. The molecule has 0 aliphatic carbocycles. The quantitative estimate of drug-likeness (QED) is 0.187. The lowest BCUT2D eigenvalue weighted by Crippen LogP contribution is -2.27. The average Bonchev–Trinajstić information content (AvgIpc) is 3.75. The molecule has 4 bridgehead atoms. The molecule has 2 atom stereocenters. The number of hydrogen-bond donors (Lipinski definition) is 1. The Labute approximate surface area is 293 Å². The van der Waals surface area contributed by atoms with Crippen molar-refractivity contribution in [2.24, 2.45) is 11.3 Å². The number of sulfone groups is 1. The molecule has 0 saturated carbocycles. The second-order valence-electron chi connectivity index (χ2n) is 14.3. The van der Waals surface area contributed by atoms with Crippen molar-refractivity contribution in [2.75, 3.05) is 18.1 Å². The first-order valence-corrected chi connectivity index (χ1v) is 19.1. The topological polar surface area (TPSA) is 111 Å². The number of ether oxygens (including phenoxy) is 1. The number of hydrogen-bond acceptors (Lipinski definition) is 6. The number of carbonyl (C=O) groups is 2. The molecule has 6 rings (SSSR count). The van der Waals surface area contributed by atoms with Crippen LogP contribution in [0.1, 0.15) is 85.6 Å². The smallest absolute Gasteiger partial charge is 0.308 e. The Kier molecular flexibility index (Phi) is 10.1. The van der Waals surface area contributed by atoms with Gasteiger partial charge in [-0.25, -0.2) is 12.8 Å². The maximum Gasteiger partial charge on any atom is 0.308 e. The number of aromatic nitrogens is 3. The van der Waals surface area contributed by atoms with Crippen LogP contribution in [0, 0.1) is 17.2 Å². The Morgan fingerprint density at radius 2 is 1.88 bits per heavy atom. The number of H-pyrrole nitrogens is 1. The summed E-state index contributed by atoms with van der Waals surface area (Å²) < 4.78 is 50.2. The standard InChI is InChI=1S/C40H44FN3O5S/c1-5-49-39(46)26(2)21-27-9-6-11-29(22-27)36-13-8-17-40(3,4)25-50(47,48)20-16-32-31-14-18-42-35(31)24-33(41)37(32)38(45)30-12-7-10-28(23-30)34-15-19-44(36)43-34/h6-7,9-12,14-15,18-19,22-24,26,36,42H,5,8,13,16-17,20-21,25H2,1-4H3/t26-,36?/m0/s1. The van der Waals surface area contributed by atoms with Gasteiger partial charge in [0.2, 0.25) is 0 Å². The third-order valence-corrected chi connectivity index (χ3v) is 11.7. The fourth-order valence-electron chi connectivity index (χ4n) is 7.25. The SMILES string of the molecule is CCOC(=O)[C@@H](C)Cc1cccc(C2CCCC(C)(C)CS(=O)(=O)CCc3c(c(F)cc4[nH]ccc34)C(=O)c3cccc(c3)-c3ccn2n3)c1. The van der Waals surface area contributed by atoms with Crippen LogP contribution in [0.15, 0.2) is 79.1 Å². The molecule has 0 saturated heterocycles. The van der Waals surface area contributed by atoms with Gasteiger partial charge in [0.15, 0.2) is 15.6 Å². The minimum absolute atomic E-state index is 0.0168. The van der Waals surface area contributed by atoms with Crippen LogP contribution in [0.25, 0.3) is 22.2 Å². The molecule has 262 valence electrons. The first-order valence-electron chi connectivity index (χ1n) is 17.3. The molecule has 3 heterocycles. The number of ketones is 1. The number of carbonyl (C=O) groups excluding carboxylic acids is 2. The summed E-state index contributed by atoms with van der Waals surface area (Å²) in [5, 5.41) is 5.62. The maximum atomic E-state index is 15.8. The molecule has 2 aromatic heterocycles. The fraction of sp³-hybridized carbons (Fsp3) is 0.375. The van der Waals surface area contributed by atoms with Crippen molar-refractivity contribution in [3.05, 3.63) is 113 Å². The van der Waals surface area contributed by atoms with Gasteiger partial charge in [0.1, 0.15) is 5.82 Å². The van der Waals surface area contributed by atoms with Crippen molar-refractivity contribution in [2.45, 2.75) is 65.8 Å². The normalized spacial score (nSPS) is 18.5. The van der Waals surface area contributed by atoms with E-state index in [0.29, 0.717) is 53.6 Å². The number of aromatic amines is 1. The van der Waals surface area contributed by atoms with E-state index in [2.05, 4.69) is 17.1 Å². The number of nitrogens with zero attached hydrogens (tertiary/aromatic N) is 2. The predicted molar refractivity (Wildman–Crippen MR) is 193 cm³/mol. The Hall–Kier alpha value is -4.57. The summed E-state index contributed by atoms with van der Waals surface area (Å²) in [5.41, 5.74) is 3.99. The molecule has 1 unspecified atom stereocenters. The van der Waals surface area contributed by atoms with Gasteiger partial charge in [-0.15, -0.1) is 0 Å². The van der Waals surface area contributed by atoms with Gasteiger partial charge >= 0.3 is 5.97 Å². The third kappa shape index (κ3) is 7.75. The van der Waals surface area contributed by atoms with Crippen molar-refractivity contribution in [3.63, 3.8) is 0 Å². The second kappa shape index (κ2) is 14.3. The summed E-state index contributed by atoms with van der Waals surface area (Å²) in [5.74, 6) is -1.95. The van der Waals surface area contributed by atoms with E-state index in [1.807, 2.05) is 55.9 Å². The molecule has 10 heteroatoms. The van der Waals surface area contributed by atoms with Crippen LogP contribution in [-0.2, 0) is 32.2 Å². The number of nitrogens with one attached hydrogen (secondary N) is 1. The van der Waals surface area contributed by atoms with Gasteiger partial charge in [-0.1, -0.05) is 69.7 Å². The highest BCUT2D eigenvalue weighted by Gasteiger charge is 2.29. The van der Waals surface area contributed by atoms with Gasteiger partial charge in [-0.2, -0.15) is 5.10 Å². The average molecular weight is 698 g/mol. The molecular weight excluding hydrogens is 654 g/mol.